The van der Waals surface area contributed by atoms with Gasteiger partial charge in [-0.05, 0) is 12.1 Å². The second-order valence-electron chi connectivity index (χ2n) is 3.31. The molecule has 1 aromatic carbocycles. The van der Waals surface area contributed by atoms with Gasteiger partial charge >= 0.3 is 0 Å². The van der Waals surface area contributed by atoms with E-state index in [0.717, 1.165) is 9.79 Å². The molecular formula is C9H10N2O6S3. The Kier molecular flexibility index (Phi) is 7.33. The molecule has 0 radical (unpaired) electrons. The normalized spacial score (nSPS) is 11.7. The van der Waals surface area contributed by atoms with Crippen LogP contribution in [0.3, 0.4) is 0 Å². The van der Waals surface area contributed by atoms with Gasteiger partial charge in [-0.3, -0.25) is 0 Å². The number of nitrogens with zero attached hydrogens (tertiary/aromatic N) is 2. The van der Waals surface area contributed by atoms with Crippen LogP contribution in [0.2, 0.25) is 0 Å². The third kappa shape index (κ3) is 6.73. The van der Waals surface area contributed by atoms with E-state index in [1.165, 1.54) is 21.6 Å². The van der Waals surface area contributed by atoms with Crippen molar-refractivity contribution in [3.8, 4) is 0 Å². The molecule has 8 nitrogen and oxygen atoms in total. The summed E-state index contributed by atoms with van der Waals surface area (Å²) >= 11 is 4.26. The molecule has 11 heteroatoms. The van der Waals surface area contributed by atoms with E-state index in [-0.39, 0.29) is 5.75 Å². The predicted molar refractivity (Wildman–Crippen MR) is 76.8 cm³/mol. The third-order valence-corrected chi connectivity index (χ3v) is 4.87. The van der Waals surface area contributed by atoms with Crippen LogP contribution >= 0.6 is 34.2 Å². The number of benzene rings is 1. The standard InChI is InChI=1S/C9H10N2O6S3/c12-10(13)16-5-7(17-11(14)15)6-19-20-9-4-2-1-3-8(9)18/h1-4,7,18H,5-6H2. The Labute approximate surface area is 127 Å². The van der Waals surface area contributed by atoms with Gasteiger partial charge in [0, 0.05) is 15.5 Å². The van der Waals surface area contributed by atoms with E-state index in [9.17, 15) is 20.2 Å². The maximum atomic E-state index is 10.3. The van der Waals surface area contributed by atoms with Gasteiger partial charge in [0.05, 0.1) is 0 Å². The molecule has 1 rings (SSSR count). The molecule has 0 fully saturated rings. The Morgan fingerprint density at radius 1 is 1.25 bits per heavy atom. The molecule has 0 heterocycles. The van der Waals surface area contributed by atoms with Crippen molar-refractivity contribution in [3.05, 3.63) is 44.5 Å². The van der Waals surface area contributed by atoms with E-state index in [0.29, 0.717) is 0 Å². The minimum atomic E-state index is -1.02. The lowest BCUT2D eigenvalue weighted by Gasteiger charge is -2.12. The molecule has 0 aliphatic heterocycles. The summed E-state index contributed by atoms with van der Waals surface area (Å²) < 4.78 is 0. The van der Waals surface area contributed by atoms with E-state index < -0.39 is 22.9 Å². The van der Waals surface area contributed by atoms with Gasteiger partial charge in [-0.1, -0.05) is 33.7 Å². The first-order chi connectivity index (χ1) is 9.49. The summed E-state index contributed by atoms with van der Waals surface area (Å²) in [4.78, 5) is 30.4. The third-order valence-electron chi connectivity index (χ3n) is 1.87. The molecule has 0 aromatic heterocycles. The SMILES string of the molecule is O=[N+]([O-])OCC(CSSc1ccccc1S)O[N+](=O)[O-]. The van der Waals surface area contributed by atoms with E-state index in [1.54, 1.807) is 0 Å². The Morgan fingerprint density at radius 3 is 2.55 bits per heavy atom. The highest BCUT2D eigenvalue weighted by molar-refractivity contribution is 8.76. The molecule has 1 atom stereocenters. The summed E-state index contributed by atoms with van der Waals surface area (Å²) in [5.41, 5.74) is 0. The summed E-state index contributed by atoms with van der Waals surface area (Å²) in [6.45, 7) is -0.496. The molecule has 0 aliphatic rings. The smallest absolute Gasteiger partial charge is 0.294 e. The average molecular weight is 338 g/mol. The topological polar surface area (TPSA) is 105 Å². The van der Waals surface area contributed by atoms with Crippen LogP contribution in [0.15, 0.2) is 34.1 Å². The van der Waals surface area contributed by atoms with Crippen molar-refractivity contribution in [3.63, 3.8) is 0 Å². The molecule has 0 saturated heterocycles. The average Bonchev–Trinajstić information content (AvgIpc) is 2.37. The van der Waals surface area contributed by atoms with Crippen LogP contribution in [0.4, 0.5) is 0 Å². The molecule has 0 amide bonds. The highest BCUT2D eigenvalue weighted by atomic mass is 33.1. The zero-order chi connectivity index (χ0) is 15.0. The van der Waals surface area contributed by atoms with Crippen molar-refractivity contribution in [2.24, 2.45) is 0 Å². The first-order valence-corrected chi connectivity index (χ1v) is 7.91. The molecule has 0 saturated carbocycles. The summed E-state index contributed by atoms with van der Waals surface area (Å²) in [7, 11) is 2.61. The largest absolute Gasteiger partial charge is 0.312 e. The van der Waals surface area contributed by atoms with Gasteiger partial charge in [-0.2, -0.15) is 0 Å². The second-order valence-corrected chi connectivity index (χ2v) is 6.17. The first kappa shape index (κ1) is 16.7. The zero-order valence-corrected chi connectivity index (χ0v) is 12.4. The van der Waals surface area contributed by atoms with Crippen LogP contribution in [0.25, 0.3) is 0 Å². The van der Waals surface area contributed by atoms with Crippen LogP contribution in [-0.2, 0) is 9.68 Å². The lowest BCUT2D eigenvalue weighted by atomic mass is 10.4. The van der Waals surface area contributed by atoms with Crippen LogP contribution in [-0.4, -0.2) is 28.6 Å². The molecule has 20 heavy (non-hydrogen) atoms. The molecule has 0 spiro atoms. The van der Waals surface area contributed by atoms with Gasteiger partial charge < -0.3 is 9.68 Å². The van der Waals surface area contributed by atoms with Crippen LogP contribution in [0.5, 0.6) is 0 Å². The van der Waals surface area contributed by atoms with Gasteiger partial charge in [0.2, 0.25) is 0 Å². The van der Waals surface area contributed by atoms with Crippen LogP contribution < -0.4 is 0 Å². The van der Waals surface area contributed by atoms with Crippen molar-refractivity contribution in [1.29, 1.82) is 0 Å². The Balaban J connectivity index is 2.43. The van der Waals surface area contributed by atoms with Crippen molar-refractivity contribution >= 4 is 34.2 Å². The zero-order valence-electron chi connectivity index (χ0n) is 9.91. The minimum absolute atomic E-state index is 0.154. The monoisotopic (exact) mass is 338 g/mol. The fraction of sp³-hybridized carbons (Fsp3) is 0.333. The van der Waals surface area contributed by atoms with E-state index >= 15 is 0 Å². The fourth-order valence-corrected chi connectivity index (χ4v) is 3.83. The number of hydrogen-bond acceptors (Lipinski definition) is 9. The molecule has 0 N–H and O–H groups in total. The van der Waals surface area contributed by atoms with Crippen molar-refractivity contribution < 1.29 is 19.8 Å². The lowest BCUT2D eigenvalue weighted by molar-refractivity contribution is -0.788. The Hall–Kier alpha value is -1.33. The fourth-order valence-electron chi connectivity index (χ4n) is 1.08. The van der Waals surface area contributed by atoms with Crippen LogP contribution in [0, 0.1) is 20.2 Å². The second kappa shape index (κ2) is 8.76. The highest BCUT2D eigenvalue weighted by Gasteiger charge is 2.16. The summed E-state index contributed by atoms with van der Waals surface area (Å²) in [5, 5.41) is 18.3. The summed E-state index contributed by atoms with van der Waals surface area (Å²) in [6, 6.07) is 7.33. The van der Waals surface area contributed by atoms with Gasteiger partial charge in [0.25, 0.3) is 10.2 Å². The minimum Gasteiger partial charge on any atom is -0.312 e. The lowest BCUT2D eigenvalue weighted by Crippen LogP contribution is -2.26. The highest BCUT2D eigenvalue weighted by Crippen LogP contribution is 2.35. The van der Waals surface area contributed by atoms with E-state index in [4.69, 9.17) is 0 Å². The van der Waals surface area contributed by atoms with Crippen LogP contribution in [0.1, 0.15) is 0 Å². The van der Waals surface area contributed by atoms with Gasteiger partial charge in [-0.25, -0.2) is 0 Å². The summed E-state index contributed by atoms with van der Waals surface area (Å²) in [6.07, 6.45) is -1.01. The molecule has 0 aliphatic carbocycles. The number of thiol groups is 1. The number of rotatable bonds is 9. The molecule has 1 unspecified atom stereocenters. The maximum absolute atomic E-state index is 10.3. The molecule has 1 aromatic rings. The Bertz CT molecular complexity index is 475. The van der Waals surface area contributed by atoms with Crippen molar-refractivity contribution in [2.45, 2.75) is 15.9 Å². The van der Waals surface area contributed by atoms with Crippen molar-refractivity contribution in [1.82, 2.24) is 0 Å². The maximum Gasteiger partial charge on any atom is 0.294 e. The van der Waals surface area contributed by atoms with E-state index in [1.807, 2.05) is 24.3 Å². The summed E-state index contributed by atoms with van der Waals surface area (Å²) in [5.74, 6) is 0.154. The molecule has 0 bridgehead atoms. The first-order valence-electron chi connectivity index (χ1n) is 5.15. The predicted octanol–water partition coefficient (Wildman–Crippen LogP) is 2.50. The quantitative estimate of drug-likeness (QED) is 0.317. The molecule has 110 valence electrons. The Morgan fingerprint density at radius 2 is 1.95 bits per heavy atom. The molecular weight excluding hydrogens is 328 g/mol. The van der Waals surface area contributed by atoms with Gasteiger partial charge in [0.1, 0.15) is 12.7 Å². The van der Waals surface area contributed by atoms with E-state index in [2.05, 4.69) is 22.3 Å². The van der Waals surface area contributed by atoms with Gasteiger partial charge in [0.15, 0.2) is 0 Å². The number of hydrogen-bond donors (Lipinski definition) is 1. The van der Waals surface area contributed by atoms with Crippen molar-refractivity contribution in [2.75, 3.05) is 12.4 Å². The van der Waals surface area contributed by atoms with Gasteiger partial charge in [-0.15, -0.1) is 32.9 Å².